The lowest BCUT2D eigenvalue weighted by Crippen LogP contribution is -2.47. The Morgan fingerprint density at radius 3 is 2.45 bits per heavy atom. The highest BCUT2D eigenvalue weighted by Crippen LogP contribution is 2.16. The third-order valence-corrected chi connectivity index (χ3v) is 2.95. The molecule has 0 radical (unpaired) electrons. The molecule has 2 rings (SSSR count). The van der Waals surface area contributed by atoms with Crippen LogP contribution < -0.4 is 0 Å². The van der Waals surface area contributed by atoms with Gasteiger partial charge in [-0.3, -0.25) is 14.9 Å². The molecule has 1 atom stereocenters. The summed E-state index contributed by atoms with van der Waals surface area (Å²) in [7, 11) is 0. The average Bonchev–Trinajstić information content (AvgIpc) is 2.49. The summed E-state index contributed by atoms with van der Waals surface area (Å²) >= 11 is 0. The van der Waals surface area contributed by atoms with E-state index in [0.717, 1.165) is 0 Å². The van der Waals surface area contributed by atoms with Crippen molar-refractivity contribution in [3.8, 4) is 0 Å². The van der Waals surface area contributed by atoms with Gasteiger partial charge in [0.15, 0.2) is 0 Å². The van der Waals surface area contributed by atoms with Crippen LogP contribution in [-0.2, 0) is 4.74 Å². The van der Waals surface area contributed by atoms with Crippen molar-refractivity contribution in [2.24, 2.45) is 0 Å². The quantitative estimate of drug-likeness (QED) is 0.616. The Kier molecular flexibility index (Phi) is 6.11. The molecule has 6 nitrogen and oxygen atoms in total. The first-order valence-electron chi connectivity index (χ1n) is 6.73. The monoisotopic (exact) mass is 280 g/mol. The molecule has 1 aromatic carbocycles. The van der Waals surface area contributed by atoms with E-state index in [4.69, 9.17) is 4.74 Å². The second-order valence-electron chi connectivity index (χ2n) is 4.23. The zero-order valence-electron chi connectivity index (χ0n) is 12.0. The van der Waals surface area contributed by atoms with E-state index in [1.54, 1.807) is 4.90 Å². The van der Waals surface area contributed by atoms with E-state index in [-0.39, 0.29) is 17.6 Å². The summed E-state index contributed by atoms with van der Waals surface area (Å²) in [4.78, 5) is 24.0. The highest BCUT2D eigenvalue weighted by Gasteiger charge is 2.24. The number of amides is 1. The van der Waals surface area contributed by atoms with Crippen LogP contribution in [-0.4, -0.2) is 41.5 Å². The Labute approximate surface area is 118 Å². The number of hydrogen-bond donors (Lipinski definition) is 0. The number of ether oxygens (including phenoxy) is 1. The van der Waals surface area contributed by atoms with E-state index < -0.39 is 4.92 Å². The maximum atomic E-state index is 12.2. The van der Waals surface area contributed by atoms with Crippen LogP contribution in [0, 0.1) is 10.1 Å². The van der Waals surface area contributed by atoms with Gasteiger partial charge in [0.2, 0.25) is 0 Å². The van der Waals surface area contributed by atoms with Crippen LogP contribution in [0.25, 0.3) is 0 Å². The molecule has 20 heavy (non-hydrogen) atoms. The van der Waals surface area contributed by atoms with Gasteiger partial charge in [-0.25, -0.2) is 0 Å². The van der Waals surface area contributed by atoms with Gasteiger partial charge >= 0.3 is 0 Å². The Hall–Kier alpha value is -1.95. The summed E-state index contributed by atoms with van der Waals surface area (Å²) in [6.07, 6.45) is 0. The Morgan fingerprint density at radius 2 is 1.95 bits per heavy atom. The van der Waals surface area contributed by atoms with Gasteiger partial charge < -0.3 is 9.64 Å². The molecule has 0 N–H and O–H groups in total. The van der Waals surface area contributed by atoms with E-state index in [2.05, 4.69) is 0 Å². The number of non-ortho nitro benzene ring substituents is 1. The molecule has 0 bridgehead atoms. The Balaban J connectivity index is 0.000000956. The summed E-state index contributed by atoms with van der Waals surface area (Å²) < 4.78 is 5.27. The van der Waals surface area contributed by atoms with Crippen LogP contribution in [0.2, 0.25) is 0 Å². The van der Waals surface area contributed by atoms with Crippen molar-refractivity contribution in [1.29, 1.82) is 0 Å². The molecule has 6 heteroatoms. The minimum atomic E-state index is -0.481. The van der Waals surface area contributed by atoms with Crippen molar-refractivity contribution >= 4 is 11.6 Å². The number of carbonyl (C=O) groups excluding carboxylic acids is 1. The summed E-state index contributed by atoms with van der Waals surface area (Å²) in [5.41, 5.74) is 0.455. The smallest absolute Gasteiger partial charge is 0.269 e. The molecule has 1 saturated heterocycles. The lowest BCUT2D eigenvalue weighted by Gasteiger charge is -2.33. The summed E-state index contributed by atoms with van der Waals surface area (Å²) in [6, 6.07) is 5.70. The van der Waals surface area contributed by atoms with Gasteiger partial charge in [0.05, 0.1) is 24.2 Å². The van der Waals surface area contributed by atoms with Gasteiger partial charge in [-0.1, -0.05) is 13.8 Å². The SMILES string of the molecule is CC.CC1COCCN1C(=O)c1ccc([N+](=O)[O-])cc1. The molecule has 0 aromatic heterocycles. The normalized spacial score (nSPS) is 17.9. The molecule has 1 amide bonds. The van der Waals surface area contributed by atoms with Crippen molar-refractivity contribution in [1.82, 2.24) is 4.90 Å². The number of nitro groups is 1. The minimum absolute atomic E-state index is 0.0124. The topological polar surface area (TPSA) is 72.7 Å². The largest absolute Gasteiger partial charge is 0.377 e. The number of hydrogen-bond acceptors (Lipinski definition) is 4. The standard InChI is InChI=1S/C12H14N2O4.C2H6/c1-9-8-18-7-6-13(9)12(15)10-2-4-11(5-3-10)14(16)17;1-2/h2-5,9H,6-8H2,1H3;1-2H3. The van der Waals surface area contributed by atoms with Gasteiger partial charge in [-0.15, -0.1) is 0 Å². The molecule has 110 valence electrons. The molecule has 1 aliphatic heterocycles. The molecule has 0 aliphatic carbocycles. The average molecular weight is 280 g/mol. The third-order valence-electron chi connectivity index (χ3n) is 2.95. The zero-order valence-corrected chi connectivity index (χ0v) is 12.0. The van der Waals surface area contributed by atoms with Crippen LogP contribution in [0.4, 0.5) is 5.69 Å². The number of nitro benzene ring substituents is 1. The molecule has 1 fully saturated rings. The molecule has 1 unspecified atom stereocenters. The maximum Gasteiger partial charge on any atom is 0.269 e. The Morgan fingerprint density at radius 1 is 1.35 bits per heavy atom. The minimum Gasteiger partial charge on any atom is -0.377 e. The van der Waals surface area contributed by atoms with Crippen molar-refractivity contribution in [3.63, 3.8) is 0 Å². The number of benzene rings is 1. The van der Waals surface area contributed by atoms with Gasteiger partial charge in [0, 0.05) is 24.2 Å². The van der Waals surface area contributed by atoms with E-state index in [0.29, 0.717) is 25.3 Å². The predicted octanol–water partition coefficient (Wildman–Crippen LogP) is 2.48. The van der Waals surface area contributed by atoms with Crippen LogP contribution in [0.5, 0.6) is 0 Å². The second kappa shape index (κ2) is 7.59. The molecular weight excluding hydrogens is 260 g/mol. The number of morpholine rings is 1. The summed E-state index contributed by atoms with van der Waals surface area (Å²) in [5, 5.41) is 10.5. The second-order valence-corrected chi connectivity index (χ2v) is 4.23. The van der Waals surface area contributed by atoms with E-state index in [1.165, 1.54) is 24.3 Å². The highest BCUT2D eigenvalue weighted by molar-refractivity contribution is 5.94. The van der Waals surface area contributed by atoms with Crippen molar-refractivity contribution in [3.05, 3.63) is 39.9 Å². The fourth-order valence-corrected chi connectivity index (χ4v) is 1.92. The lowest BCUT2D eigenvalue weighted by molar-refractivity contribution is -0.384. The maximum absolute atomic E-state index is 12.2. The first kappa shape index (κ1) is 16.1. The summed E-state index contributed by atoms with van der Waals surface area (Å²) in [5.74, 6) is -0.110. The molecular formula is C14H20N2O4. The van der Waals surface area contributed by atoms with Gasteiger partial charge in [0.25, 0.3) is 11.6 Å². The number of carbonyl (C=O) groups is 1. The molecule has 0 spiro atoms. The predicted molar refractivity (Wildman–Crippen MR) is 75.8 cm³/mol. The third kappa shape index (κ3) is 3.77. The first-order valence-corrected chi connectivity index (χ1v) is 6.73. The molecule has 1 heterocycles. The van der Waals surface area contributed by atoms with E-state index >= 15 is 0 Å². The first-order chi connectivity index (χ1) is 9.59. The van der Waals surface area contributed by atoms with Gasteiger partial charge in [-0.05, 0) is 19.1 Å². The van der Waals surface area contributed by atoms with Crippen molar-refractivity contribution in [2.45, 2.75) is 26.8 Å². The fraction of sp³-hybridized carbons (Fsp3) is 0.500. The van der Waals surface area contributed by atoms with Crippen LogP contribution in [0.15, 0.2) is 24.3 Å². The van der Waals surface area contributed by atoms with Crippen molar-refractivity contribution in [2.75, 3.05) is 19.8 Å². The van der Waals surface area contributed by atoms with E-state index in [1.807, 2.05) is 20.8 Å². The summed E-state index contributed by atoms with van der Waals surface area (Å²) in [6.45, 7) is 7.53. The Bertz CT molecular complexity index is 459. The number of rotatable bonds is 2. The van der Waals surface area contributed by atoms with Gasteiger partial charge in [0.1, 0.15) is 0 Å². The fourth-order valence-electron chi connectivity index (χ4n) is 1.92. The lowest BCUT2D eigenvalue weighted by atomic mass is 10.1. The van der Waals surface area contributed by atoms with Crippen LogP contribution in [0.3, 0.4) is 0 Å². The number of nitrogens with zero attached hydrogens (tertiary/aromatic N) is 2. The molecule has 0 saturated carbocycles. The van der Waals surface area contributed by atoms with Gasteiger partial charge in [-0.2, -0.15) is 0 Å². The molecule has 1 aliphatic rings. The molecule has 1 aromatic rings. The van der Waals surface area contributed by atoms with Crippen molar-refractivity contribution < 1.29 is 14.5 Å². The van der Waals surface area contributed by atoms with Crippen LogP contribution in [0.1, 0.15) is 31.1 Å². The zero-order chi connectivity index (χ0) is 15.1. The highest BCUT2D eigenvalue weighted by atomic mass is 16.6. The van der Waals surface area contributed by atoms with Crippen LogP contribution >= 0.6 is 0 Å². The van der Waals surface area contributed by atoms with E-state index in [9.17, 15) is 14.9 Å².